The number of anilines is 1. The number of nitrogen functional groups attached to an aromatic ring is 1. The summed E-state index contributed by atoms with van der Waals surface area (Å²) in [4.78, 5) is 17.0. The average molecular weight is 330 g/mol. The second-order valence-corrected chi connectivity index (χ2v) is 6.22. The Balaban J connectivity index is 1.58. The molecule has 2 N–H and O–H groups in total. The highest BCUT2D eigenvalue weighted by molar-refractivity contribution is 6.03. The first-order valence-corrected chi connectivity index (χ1v) is 8.32. The van der Waals surface area contributed by atoms with Gasteiger partial charge in [0.1, 0.15) is 5.75 Å². The van der Waals surface area contributed by atoms with Crippen LogP contribution in [0.4, 0.5) is 5.69 Å². The van der Waals surface area contributed by atoms with Gasteiger partial charge < -0.3 is 10.5 Å². The number of carbonyl (C=O) groups excluding carboxylic acids is 1. The van der Waals surface area contributed by atoms with Crippen LogP contribution in [-0.2, 0) is 6.42 Å². The molecule has 124 valence electrons. The Morgan fingerprint density at radius 2 is 1.88 bits per heavy atom. The Bertz CT molecular complexity index is 905. The lowest BCUT2D eigenvalue weighted by Gasteiger charge is -2.24. The molecule has 4 rings (SSSR count). The van der Waals surface area contributed by atoms with Gasteiger partial charge in [0.15, 0.2) is 5.78 Å². The molecule has 1 atom stereocenters. The molecule has 4 nitrogen and oxygen atoms in total. The number of Topliss-reactive ketones (excluding diaryl/α,β-unsaturated/α-hetero) is 1. The lowest BCUT2D eigenvalue weighted by molar-refractivity contribution is 0.0946. The van der Waals surface area contributed by atoms with Gasteiger partial charge in [0.05, 0.1) is 11.9 Å². The number of hydrogen-bond donors (Lipinski definition) is 1. The zero-order valence-electron chi connectivity index (χ0n) is 13.7. The maximum absolute atomic E-state index is 12.9. The first-order chi connectivity index (χ1) is 12.2. The molecule has 2 aromatic carbocycles. The van der Waals surface area contributed by atoms with Crippen molar-refractivity contribution in [2.75, 3.05) is 5.73 Å². The Kier molecular flexibility index (Phi) is 3.94. The quantitative estimate of drug-likeness (QED) is 0.774. The van der Waals surface area contributed by atoms with Crippen molar-refractivity contribution in [2.24, 2.45) is 0 Å². The predicted octanol–water partition coefficient (Wildman–Crippen LogP) is 4.37. The van der Waals surface area contributed by atoms with E-state index < -0.39 is 0 Å². The number of pyridine rings is 1. The van der Waals surface area contributed by atoms with Crippen molar-refractivity contribution in [1.82, 2.24) is 4.98 Å². The minimum atomic E-state index is -0.0563. The Labute approximate surface area is 146 Å². The van der Waals surface area contributed by atoms with Crippen LogP contribution in [-0.4, -0.2) is 10.8 Å². The van der Waals surface area contributed by atoms with Crippen LogP contribution >= 0.6 is 0 Å². The molecule has 0 saturated heterocycles. The van der Waals surface area contributed by atoms with E-state index in [0.717, 1.165) is 29.5 Å². The van der Waals surface area contributed by atoms with Crippen LogP contribution < -0.4 is 10.5 Å². The van der Waals surface area contributed by atoms with Gasteiger partial charge in [-0.1, -0.05) is 30.3 Å². The second-order valence-electron chi connectivity index (χ2n) is 6.22. The number of fused-ring (bicyclic) bond motifs is 1. The van der Waals surface area contributed by atoms with Crippen LogP contribution in [0.15, 0.2) is 66.9 Å². The Hall–Kier alpha value is -3.14. The summed E-state index contributed by atoms with van der Waals surface area (Å²) in [6.45, 7) is 0. The smallest absolute Gasteiger partial charge is 0.219 e. The summed E-state index contributed by atoms with van der Waals surface area (Å²) in [5.74, 6) is 1.30. The van der Waals surface area contributed by atoms with Crippen molar-refractivity contribution < 1.29 is 9.53 Å². The molecule has 1 heterocycles. The molecule has 1 aromatic heterocycles. The largest absolute Gasteiger partial charge is 0.439 e. The van der Waals surface area contributed by atoms with E-state index >= 15 is 0 Å². The lowest BCUT2D eigenvalue weighted by atomic mass is 9.79. The van der Waals surface area contributed by atoms with Crippen LogP contribution in [0.25, 0.3) is 0 Å². The van der Waals surface area contributed by atoms with Gasteiger partial charge in [0, 0.05) is 17.5 Å². The summed E-state index contributed by atoms with van der Waals surface area (Å²) in [7, 11) is 0. The van der Waals surface area contributed by atoms with Crippen LogP contribution in [0, 0.1) is 0 Å². The van der Waals surface area contributed by atoms with Crippen molar-refractivity contribution in [2.45, 2.75) is 18.8 Å². The third-order valence-electron chi connectivity index (χ3n) is 4.54. The number of benzene rings is 2. The number of aromatic nitrogens is 1. The van der Waals surface area contributed by atoms with Crippen LogP contribution in [0.3, 0.4) is 0 Å². The highest BCUT2D eigenvalue weighted by atomic mass is 16.5. The van der Waals surface area contributed by atoms with E-state index in [1.54, 1.807) is 18.3 Å². The molecule has 0 bridgehead atoms. The van der Waals surface area contributed by atoms with Gasteiger partial charge in [-0.05, 0) is 48.2 Å². The summed E-state index contributed by atoms with van der Waals surface area (Å²) >= 11 is 0. The van der Waals surface area contributed by atoms with E-state index in [2.05, 4.69) is 4.98 Å². The van der Waals surface area contributed by atoms with E-state index in [0.29, 0.717) is 17.3 Å². The zero-order chi connectivity index (χ0) is 17.2. The molecule has 0 spiro atoms. The molecule has 3 aromatic rings. The first kappa shape index (κ1) is 15.4. The molecule has 25 heavy (non-hydrogen) atoms. The third kappa shape index (κ3) is 3.11. The molecule has 0 aliphatic heterocycles. The number of nitrogens with two attached hydrogens (primary N) is 1. The van der Waals surface area contributed by atoms with Crippen LogP contribution in [0.5, 0.6) is 11.6 Å². The van der Waals surface area contributed by atoms with Gasteiger partial charge in [0.2, 0.25) is 5.88 Å². The van der Waals surface area contributed by atoms with Crippen molar-refractivity contribution in [3.8, 4) is 11.6 Å². The number of ether oxygens (including phenoxy) is 1. The van der Waals surface area contributed by atoms with Gasteiger partial charge in [-0.2, -0.15) is 0 Å². The van der Waals surface area contributed by atoms with Gasteiger partial charge >= 0.3 is 0 Å². The maximum atomic E-state index is 12.9. The number of ketones is 1. The molecule has 0 saturated carbocycles. The fraction of sp³-hybridized carbons (Fsp3) is 0.143. The van der Waals surface area contributed by atoms with Crippen molar-refractivity contribution >= 4 is 11.5 Å². The summed E-state index contributed by atoms with van der Waals surface area (Å²) in [5.41, 5.74) is 9.13. The standard InChI is InChI=1S/C21H18N2O2/c22-16-7-11-20(23-13-16)25-17-8-10-19-15(12-17)6-9-18(21(19)24)14-4-2-1-3-5-14/h1-5,7-8,10-13,18H,6,9,22H2. The molecular weight excluding hydrogens is 312 g/mol. The van der Waals surface area contributed by atoms with E-state index in [1.165, 1.54) is 0 Å². The molecule has 0 radical (unpaired) electrons. The predicted molar refractivity (Wildman–Crippen MR) is 97.0 cm³/mol. The summed E-state index contributed by atoms with van der Waals surface area (Å²) < 4.78 is 5.77. The van der Waals surface area contributed by atoms with Gasteiger partial charge in [0.25, 0.3) is 0 Å². The van der Waals surface area contributed by atoms with Crippen molar-refractivity contribution in [3.05, 3.63) is 83.6 Å². The summed E-state index contributed by atoms with van der Waals surface area (Å²) in [6, 6.07) is 19.1. The van der Waals surface area contributed by atoms with Gasteiger partial charge in [-0.15, -0.1) is 0 Å². The topological polar surface area (TPSA) is 65.2 Å². The van der Waals surface area contributed by atoms with Crippen LogP contribution in [0.1, 0.15) is 33.8 Å². The Morgan fingerprint density at radius 1 is 1.04 bits per heavy atom. The van der Waals surface area contributed by atoms with E-state index in [1.807, 2.05) is 48.5 Å². The van der Waals surface area contributed by atoms with Crippen LogP contribution in [0.2, 0.25) is 0 Å². The molecule has 4 heteroatoms. The highest BCUT2D eigenvalue weighted by Crippen LogP contribution is 2.35. The first-order valence-electron chi connectivity index (χ1n) is 8.32. The number of nitrogens with zero attached hydrogens (tertiary/aromatic N) is 1. The van der Waals surface area contributed by atoms with Crippen molar-refractivity contribution in [3.63, 3.8) is 0 Å². The number of rotatable bonds is 3. The minimum Gasteiger partial charge on any atom is -0.439 e. The fourth-order valence-corrected chi connectivity index (χ4v) is 3.28. The molecule has 0 amide bonds. The van der Waals surface area contributed by atoms with Crippen molar-refractivity contribution in [1.29, 1.82) is 0 Å². The summed E-state index contributed by atoms with van der Waals surface area (Å²) in [6.07, 6.45) is 3.23. The van der Waals surface area contributed by atoms with E-state index in [4.69, 9.17) is 10.5 Å². The Morgan fingerprint density at radius 3 is 2.64 bits per heavy atom. The normalized spacial score (nSPS) is 16.3. The molecule has 1 aliphatic rings. The maximum Gasteiger partial charge on any atom is 0.219 e. The zero-order valence-corrected chi connectivity index (χ0v) is 13.7. The fourth-order valence-electron chi connectivity index (χ4n) is 3.28. The lowest BCUT2D eigenvalue weighted by Crippen LogP contribution is -2.20. The van der Waals surface area contributed by atoms with Gasteiger partial charge in [-0.3, -0.25) is 4.79 Å². The SMILES string of the molecule is Nc1ccc(Oc2ccc3c(c2)CCC(c2ccccc2)C3=O)nc1. The number of hydrogen-bond acceptors (Lipinski definition) is 4. The third-order valence-corrected chi connectivity index (χ3v) is 4.54. The van der Waals surface area contributed by atoms with E-state index in [-0.39, 0.29) is 11.7 Å². The highest BCUT2D eigenvalue weighted by Gasteiger charge is 2.28. The number of carbonyl (C=O) groups is 1. The molecular formula is C21H18N2O2. The van der Waals surface area contributed by atoms with Gasteiger partial charge in [-0.25, -0.2) is 4.98 Å². The molecule has 1 unspecified atom stereocenters. The second kappa shape index (κ2) is 6.40. The van der Waals surface area contributed by atoms with E-state index in [9.17, 15) is 4.79 Å². The number of aryl methyl sites for hydroxylation is 1. The average Bonchev–Trinajstić information content (AvgIpc) is 2.65. The molecule has 0 fully saturated rings. The summed E-state index contributed by atoms with van der Waals surface area (Å²) in [5, 5.41) is 0. The molecule has 1 aliphatic carbocycles. The minimum absolute atomic E-state index is 0.0563. The monoisotopic (exact) mass is 330 g/mol.